The molecule has 2 aromatic carbocycles. The lowest BCUT2D eigenvalue weighted by molar-refractivity contribution is 0.185. The van der Waals surface area contributed by atoms with E-state index < -0.39 is 5.54 Å². The monoisotopic (exact) mass is 420 g/mol. The Morgan fingerprint density at radius 1 is 1.23 bits per heavy atom. The number of nitrogens with zero attached hydrogens (tertiary/aromatic N) is 1. The first-order valence-electron chi connectivity index (χ1n) is 8.59. The maximum absolute atomic E-state index is 9.93. The number of likely N-dealkylation sites (tertiary alicyclic amines) is 1. The van der Waals surface area contributed by atoms with Crippen molar-refractivity contribution >= 4 is 15.9 Å². The SMILES string of the molecule is COc1ccc(CN2CC(CO)C(N)(c3cccc(Br)c3)C2)c(OC)c1. The van der Waals surface area contributed by atoms with Crippen LogP contribution in [-0.2, 0) is 12.1 Å². The summed E-state index contributed by atoms with van der Waals surface area (Å²) in [4.78, 5) is 2.27. The highest BCUT2D eigenvalue weighted by molar-refractivity contribution is 9.10. The minimum Gasteiger partial charge on any atom is -0.497 e. The second kappa shape index (κ2) is 7.96. The van der Waals surface area contributed by atoms with E-state index >= 15 is 0 Å². The number of benzene rings is 2. The maximum atomic E-state index is 9.93. The zero-order valence-corrected chi connectivity index (χ0v) is 16.7. The number of aliphatic hydroxyl groups is 1. The summed E-state index contributed by atoms with van der Waals surface area (Å²) in [7, 11) is 3.30. The Kier molecular flexibility index (Phi) is 5.87. The molecule has 26 heavy (non-hydrogen) atoms. The normalized spacial score (nSPS) is 23.2. The molecule has 6 heteroatoms. The molecule has 1 aliphatic rings. The number of aliphatic hydroxyl groups excluding tert-OH is 1. The number of hydrogen-bond acceptors (Lipinski definition) is 5. The summed E-state index contributed by atoms with van der Waals surface area (Å²) >= 11 is 3.52. The number of halogens is 1. The topological polar surface area (TPSA) is 68.0 Å². The third kappa shape index (κ3) is 3.74. The summed E-state index contributed by atoms with van der Waals surface area (Å²) in [5, 5.41) is 9.93. The van der Waals surface area contributed by atoms with E-state index in [2.05, 4.69) is 20.8 Å². The minimum absolute atomic E-state index is 0.0268. The van der Waals surface area contributed by atoms with Gasteiger partial charge in [-0.3, -0.25) is 4.90 Å². The van der Waals surface area contributed by atoms with Crippen molar-refractivity contribution in [2.24, 2.45) is 11.7 Å². The molecule has 0 amide bonds. The predicted molar refractivity (Wildman–Crippen MR) is 105 cm³/mol. The molecule has 0 saturated carbocycles. The van der Waals surface area contributed by atoms with Crippen molar-refractivity contribution in [1.29, 1.82) is 0 Å². The van der Waals surface area contributed by atoms with Crippen LogP contribution in [0.2, 0.25) is 0 Å². The van der Waals surface area contributed by atoms with Crippen LogP contribution >= 0.6 is 15.9 Å². The van der Waals surface area contributed by atoms with Gasteiger partial charge < -0.3 is 20.3 Å². The third-order valence-electron chi connectivity index (χ3n) is 5.16. The van der Waals surface area contributed by atoms with Crippen molar-refractivity contribution in [3.63, 3.8) is 0 Å². The van der Waals surface area contributed by atoms with E-state index in [9.17, 15) is 5.11 Å². The van der Waals surface area contributed by atoms with Gasteiger partial charge in [0.25, 0.3) is 0 Å². The molecule has 2 atom stereocenters. The molecular formula is C20H25BrN2O3. The standard InChI is InChI=1S/C20H25BrN2O3/c1-25-18-7-6-14(19(9-18)26-2)10-23-11-16(12-24)20(22,13-23)15-4-3-5-17(21)8-15/h3-9,16,24H,10-13,22H2,1-2H3. The Bertz CT molecular complexity index is 770. The van der Waals surface area contributed by atoms with Crippen molar-refractivity contribution in [3.05, 3.63) is 58.1 Å². The van der Waals surface area contributed by atoms with Gasteiger partial charge in [0.05, 0.1) is 19.8 Å². The van der Waals surface area contributed by atoms with E-state index in [1.807, 2.05) is 42.5 Å². The van der Waals surface area contributed by atoms with E-state index in [0.29, 0.717) is 13.1 Å². The van der Waals surface area contributed by atoms with Crippen LogP contribution in [0, 0.1) is 5.92 Å². The van der Waals surface area contributed by atoms with Crippen LogP contribution in [-0.4, -0.2) is 43.9 Å². The largest absolute Gasteiger partial charge is 0.497 e. The molecule has 1 saturated heterocycles. The number of hydrogen-bond donors (Lipinski definition) is 2. The van der Waals surface area contributed by atoms with Gasteiger partial charge in [0, 0.05) is 48.3 Å². The number of ether oxygens (including phenoxy) is 2. The molecule has 1 heterocycles. The van der Waals surface area contributed by atoms with E-state index in [-0.39, 0.29) is 12.5 Å². The maximum Gasteiger partial charge on any atom is 0.127 e. The lowest BCUT2D eigenvalue weighted by atomic mass is 9.82. The fourth-order valence-corrected chi connectivity index (χ4v) is 4.11. The Labute approximate surface area is 162 Å². The van der Waals surface area contributed by atoms with Gasteiger partial charge in [-0.15, -0.1) is 0 Å². The molecule has 0 spiro atoms. The predicted octanol–water partition coefficient (Wildman–Crippen LogP) is 2.74. The van der Waals surface area contributed by atoms with Crippen LogP contribution in [0.5, 0.6) is 11.5 Å². The van der Waals surface area contributed by atoms with Gasteiger partial charge >= 0.3 is 0 Å². The van der Waals surface area contributed by atoms with Crippen molar-refractivity contribution in [2.45, 2.75) is 12.1 Å². The summed E-state index contributed by atoms with van der Waals surface area (Å²) in [6.45, 7) is 2.16. The number of nitrogens with two attached hydrogens (primary N) is 1. The van der Waals surface area contributed by atoms with E-state index in [0.717, 1.165) is 33.6 Å². The van der Waals surface area contributed by atoms with Crippen molar-refractivity contribution in [2.75, 3.05) is 33.9 Å². The average molecular weight is 421 g/mol. The molecule has 2 unspecified atom stereocenters. The molecule has 5 nitrogen and oxygen atoms in total. The van der Waals surface area contributed by atoms with E-state index in [1.165, 1.54) is 0 Å². The Balaban J connectivity index is 1.83. The van der Waals surface area contributed by atoms with Crippen LogP contribution in [0.15, 0.2) is 46.9 Å². The molecule has 0 bridgehead atoms. The molecule has 2 aromatic rings. The second-order valence-electron chi connectivity index (χ2n) is 6.78. The first-order chi connectivity index (χ1) is 12.5. The highest BCUT2D eigenvalue weighted by Gasteiger charge is 2.44. The van der Waals surface area contributed by atoms with Crippen LogP contribution in [0.1, 0.15) is 11.1 Å². The fourth-order valence-electron chi connectivity index (χ4n) is 3.71. The summed E-state index contributed by atoms with van der Waals surface area (Å²) in [5.74, 6) is 1.53. The number of methoxy groups -OCH3 is 2. The molecule has 140 valence electrons. The van der Waals surface area contributed by atoms with Gasteiger partial charge in [0.1, 0.15) is 11.5 Å². The molecular weight excluding hydrogens is 396 g/mol. The molecule has 3 N–H and O–H groups in total. The van der Waals surface area contributed by atoms with Gasteiger partial charge in [-0.2, -0.15) is 0 Å². The third-order valence-corrected chi connectivity index (χ3v) is 5.66. The molecule has 1 fully saturated rings. The summed E-state index contributed by atoms with van der Waals surface area (Å²) in [5.41, 5.74) is 8.32. The van der Waals surface area contributed by atoms with Gasteiger partial charge in [0.2, 0.25) is 0 Å². The quantitative estimate of drug-likeness (QED) is 0.751. The zero-order chi connectivity index (χ0) is 18.7. The van der Waals surface area contributed by atoms with Crippen LogP contribution < -0.4 is 15.2 Å². The average Bonchev–Trinajstić information content (AvgIpc) is 2.98. The number of rotatable bonds is 6. The first kappa shape index (κ1) is 19.2. The van der Waals surface area contributed by atoms with Gasteiger partial charge in [-0.25, -0.2) is 0 Å². The lowest BCUT2D eigenvalue weighted by Gasteiger charge is -2.30. The second-order valence-corrected chi connectivity index (χ2v) is 7.69. The lowest BCUT2D eigenvalue weighted by Crippen LogP contribution is -2.45. The van der Waals surface area contributed by atoms with Gasteiger partial charge in [-0.1, -0.05) is 34.1 Å². The smallest absolute Gasteiger partial charge is 0.127 e. The molecule has 0 aromatic heterocycles. The molecule has 0 aliphatic carbocycles. The molecule has 3 rings (SSSR count). The van der Waals surface area contributed by atoms with Crippen molar-refractivity contribution in [3.8, 4) is 11.5 Å². The first-order valence-corrected chi connectivity index (χ1v) is 9.38. The van der Waals surface area contributed by atoms with Crippen LogP contribution in [0.25, 0.3) is 0 Å². The van der Waals surface area contributed by atoms with E-state index in [4.69, 9.17) is 15.2 Å². The van der Waals surface area contributed by atoms with E-state index in [1.54, 1.807) is 14.2 Å². The van der Waals surface area contributed by atoms with Crippen molar-refractivity contribution < 1.29 is 14.6 Å². The van der Waals surface area contributed by atoms with Crippen molar-refractivity contribution in [1.82, 2.24) is 4.90 Å². The Morgan fingerprint density at radius 3 is 2.69 bits per heavy atom. The Hall–Kier alpha value is -1.60. The highest BCUT2D eigenvalue weighted by atomic mass is 79.9. The zero-order valence-electron chi connectivity index (χ0n) is 15.1. The molecule has 0 radical (unpaired) electrons. The highest BCUT2D eigenvalue weighted by Crippen LogP contribution is 2.37. The summed E-state index contributed by atoms with van der Waals surface area (Å²) in [6.07, 6.45) is 0. The Morgan fingerprint density at radius 2 is 2.04 bits per heavy atom. The van der Waals surface area contributed by atoms with Crippen LogP contribution in [0.4, 0.5) is 0 Å². The summed E-state index contributed by atoms with van der Waals surface area (Å²) in [6, 6.07) is 13.9. The fraction of sp³-hybridized carbons (Fsp3) is 0.400. The minimum atomic E-state index is -0.585. The summed E-state index contributed by atoms with van der Waals surface area (Å²) < 4.78 is 11.8. The molecule has 1 aliphatic heterocycles. The van der Waals surface area contributed by atoms with Gasteiger partial charge in [-0.05, 0) is 23.8 Å². The van der Waals surface area contributed by atoms with Crippen LogP contribution in [0.3, 0.4) is 0 Å². The van der Waals surface area contributed by atoms with Gasteiger partial charge in [0.15, 0.2) is 0 Å².